The molecular weight excluding hydrogens is 222 g/mol. The van der Waals surface area contributed by atoms with E-state index in [-0.39, 0.29) is 0 Å². The Kier molecular flexibility index (Phi) is 3.63. The van der Waals surface area contributed by atoms with Gasteiger partial charge in [-0.05, 0) is 0 Å². The second kappa shape index (κ2) is 5.18. The van der Waals surface area contributed by atoms with Gasteiger partial charge in [-0.1, -0.05) is 13.8 Å². The van der Waals surface area contributed by atoms with Crippen molar-refractivity contribution in [1.82, 2.24) is 25.7 Å². The van der Waals surface area contributed by atoms with E-state index in [0.717, 1.165) is 29.4 Å². The lowest BCUT2D eigenvalue weighted by Gasteiger charge is -2.05. The van der Waals surface area contributed by atoms with Gasteiger partial charge in [-0.25, -0.2) is 4.98 Å². The van der Waals surface area contributed by atoms with Gasteiger partial charge in [0.2, 0.25) is 0 Å². The summed E-state index contributed by atoms with van der Waals surface area (Å²) in [6, 6.07) is 0.522. The lowest BCUT2D eigenvalue weighted by molar-refractivity contribution is 0.588. The van der Waals surface area contributed by atoms with Crippen LogP contribution in [0.5, 0.6) is 0 Å². The predicted molar refractivity (Wildman–Crippen MR) is 64.3 cm³/mol. The minimum absolute atomic E-state index is 0.522. The molecule has 0 saturated heterocycles. The lowest BCUT2D eigenvalue weighted by Crippen LogP contribution is -2.24. The van der Waals surface area contributed by atoms with Gasteiger partial charge in [0.05, 0.1) is 11.9 Å². The number of H-pyrrole nitrogens is 1. The van der Waals surface area contributed by atoms with Gasteiger partial charge in [-0.15, -0.1) is 11.3 Å². The third-order valence-corrected chi connectivity index (χ3v) is 3.03. The monoisotopic (exact) mass is 237 g/mol. The molecule has 0 atom stereocenters. The third kappa shape index (κ3) is 2.86. The molecule has 0 aliphatic heterocycles. The average Bonchev–Trinajstić information content (AvgIpc) is 2.85. The molecule has 0 amide bonds. The molecule has 2 N–H and O–H groups in total. The number of hydrogen-bond donors (Lipinski definition) is 2. The van der Waals surface area contributed by atoms with Crippen molar-refractivity contribution >= 4 is 11.3 Å². The van der Waals surface area contributed by atoms with E-state index in [1.54, 1.807) is 17.5 Å². The van der Waals surface area contributed by atoms with Crippen LogP contribution in [0.4, 0.5) is 0 Å². The summed E-state index contributed by atoms with van der Waals surface area (Å²) in [6.45, 7) is 5.24. The second-order valence-electron chi connectivity index (χ2n) is 3.86. The zero-order valence-electron chi connectivity index (χ0n) is 9.40. The van der Waals surface area contributed by atoms with Crippen LogP contribution >= 0.6 is 11.3 Å². The van der Waals surface area contributed by atoms with Crippen LogP contribution in [-0.2, 0) is 6.42 Å². The summed E-state index contributed by atoms with van der Waals surface area (Å²) in [7, 11) is 0. The van der Waals surface area contributed by atoms with Gasteiger partial charge in [0.25, 0.3) is 0 Å². The molecule has 0 radical (unpaired) electrons. The fraction of sp³-hybridized carbons (Fsp3) is 0.500. The molecule has 2 aromatic rings. The summed E-state index contributed by atoms with van der Waals surface area (Å²) in [5, 5.41) is 16.7. The molecule has 0 aliphatic rings. The zero-order chi connectivity index (χ0) is 11.4. The Bertz CT molecular complexity index is 420. The summed E-state index contributed by atoms with van der Waals surface area (Å²) in [6.07, 6.45) is 2.64. The lowest BCUT2D eigenvalue weighted by atomic mass is 10.3. The molecule has 2 rings (SSSR count). The molecule has 16 heavy (non-hydrogen) atoms. The number of hydrogen-bond acceptors (Lipinski definition) is 5. The van der Waals surface area contributed by atoms with Crippen molar-refractivity contribution in [3.05, 3.63) is 17.3 Å². The van der Waals surface area contributed by atoms with Crippen LogP contribution in [0.2, 0.25) is 0 Å². The number of aromatic nitrogens is 4. The highest BCUT2D eigenvalue weighted by Crippen LogP contribution is 2.20. The minimum atomic E-state index is 0.522. The molecule has 5 nitrogen and oxygen atoms in total. The van der Waals surface area contributed by atoms with Crippen LogP contribution in [0.15, 0.2) is 11.6 Å². The predicted octanol–water partition coefficient (Wildman–Crippen LogP) is 1.47. The van der Waals surface area contributed by atoms with Crippen LogP contribution in [0.1, 0.15) is 19.5 Å². The van der Waals surface area contributed by atoms with Crippen molar-refractivity contribution in [2.75, 3.05) is 6.54 Å². The number of nitrogens with one attached hydrogen (secondary N) is 2. The standard InChI is InChI=1S/C10H15N5S/c1-7(2)11-4-3-8-6-16-10(13-8)9-5-12-15-14-9/h5-7,11H,3-4H2,1-2H3,(H,12,14,15). The van der Waals surface area contributed by atoms with Gasteiger partial charge in [-0.3, -0.25) is 0 Å². The Labute approximate surface area is 98.3 Å². The molecule has 0 spiro atoms. The van der Waals surface area contributed by atoms with E-state index in [1.165, 1.54) is 0 Å². The SMILES string of the molecule is CC(C)NCCc1csc(-c2cn[nH]n2)n1. The highest BCUT2D eigenvalue weighted by Gasteiger charge is 2.06. The maximum Gasteiger partial charge on any atom is 0.145 e. The Morgan fingerprint density at radius 3 is 3.06 bits per heavy atom. The number of rotatable bonds is 5. The fourth-order valence-electron chi connectivity index (χ4n) is 1.33. The molecule has 2 heterocycles. The maximum atomic E-state index is 4.51. The smallest absolute Gasteiger partial charge is 0.145 e. The van der Waals surface area contributed by atoms with Crippen LogP contribution < -0.4 is 5.32 Å². The van der Waals surface area contributed by atoms with Crippen molar-refractivity contribution in [1.29, 1.82) is 0 Å². The Balaban J connectivity index is 1.93. The van der Waals surface area contributed by atoms with Gasteiger partial charge < -0.3 is 5.32 Å². The summed E-state index contributed by atoms with van der Waals surface area (Å²) in [5.41, 5.74) is 1.92. The molecule has 2 aromatic heterocycles. The number of nitrogens with zero attached hydrogens (tertiary/aromatic N) is 3. The van der Waals surface area contributed by atoms with E-state index in [2.05, 4.69) is 44.9 Å². The summed E-state index contributed by atoms with van der Waals surface area (Å²) >= 11 is 1.60. The number of aromatic amines is 1. The van der Waals surface area contributed by atoms with Crippen LogP contribution in [0, 0.1) is 0 Å². The van der Waals surface area contributed by atoms with Crippen molar-refractivity contribution in [3.63, 3.8) is 0 Å². The highest BCUT2D eigenvalue weighted by molar-refractivity contribution is 7.13. The first-order valence-electron chi connectivity index (χ1n) is 5.29. The van der Waals surface area contributed by atoms with Gasteiger partial charge >= 0.3 is 0 Å². The van der Waals surface area contributed by atoms with E-state index in [9.17, 15) is 0 Å². The van der Waals surface area contributed by atoms with Gasteiger partial charge in [0, 0.05) is 24.4 Å². The van der Waals surface area contributed by atoms with Crippen molar-refractivity contribution in [2.24, 2.45) is 0 Å². The quantitative estimate of drug-likeness (QED) is 0.826. The summed E-state index contributed by atoms with van der Waals surface area (Å²) < 4.78 is 0. The van der Waals surface area contributed by atoms with E-state index in [4.69, 9.17) is 0 Å². The van der Waals surface area contributed by atoms with Crippen molar-refractivity contribution < 1.29 is 0 Å². The molecule has 0 saturated carbocycles. The van der Waals surface area contributed by atoms with Crippen molar-refractivity contribution in [3.8, 4) is 10.7 Å². The largest absolute Gasteiger partial charge is 0.314 e. The average molecular weight is 237 g/mol. The topological polar surface area (TPSA) is 66.5 Å². The Morgan fingerprint density at radius 1 is 1.50 bits per heavy atom. The normalized spacial score (nSPS) is 11.2. The summed E-state index contributed by atoms with van der Waals surface area (Å²) in [4.78, 5) is 4.51. The van der Waals surface area contributed by atoms with Gasteiger partial charge in [0.15, 0.2) is 0 Å². The number of thiazole rings is 1. The molecule has 6 heteroatoms. The molecule has 0 fully saturated rings. The molecule has 0 bridgehead atoms. The fourth-order valence-corrected chi connectivity index (χ4v) is 2.14. The third-order valence-electron chi connectivity index (χ3n) is 2.12. The first-order chi connectivity index (χ1) is 7.75. The molecular formula is C10H15N5S. The molecule has 0 aromatic carbocycles. The van der Waals surface area contributed by atoms with E-state index in [0.29, 0.717) is 6.04 Å². The Morgan fingerprint density at radius 2 is 2.38 bits per heavy atom. The Hall–Kier alpha value is -1.27. The van der Waals surface area contributed by atoms with E-state index in [1.807, 2.05) is 0 Å². The van der Waals surface area contributed by atoms with E-state index >= 15 is 0 Å². The molecule has 86 valence electrons. The highest BCUT2D eigenvalue weighted by atomic mass is 32.1. The molecule has 0 aliphatic carbocycles. The maximum absolute atomic E-state index is 4.51. The zero-order valence-corrected chi connectivity index (χ0v) is 10.2. The van der Waals surface area contributed by atoms with Crippen LogP contribution in [0.3, 0.4) is 0 Å². The molecule has 0 unspecified atom stereocenters. The first kappa shape index (κ1) is 11.2. The van der Waals surface area contributed by atoms with Crippen molar-refractivity contribution in [2.45, 2.75) is 26.3 Å². The first-order valence-corrected chi connectivity index (χ1v) is 6.17. The van der Waals surface area contributed by atoms with Crippen LogP contribution in [0.25, 0.3) is 10.7 Å². The van der Waals surface area contributed by atoms with Gasteiger partial charge in [0.1, 0.15) is 10.7 Å². The summed E-state index contributed by atoms with van der Waals surface area (Å²) in [5.74, 6) is 0. The van der Waals surface area contributed by atoms with Crippen LogP contribution in [-0.4, -0.2) is 33.0 Å². The minimum Gasteiger partial charge on any atom is -0.314 e. The van der Waals surface area contributed by atoms with Gasteiger partial charge in [-0.2, -0.15) is 15.4 Å². The second-order valence-corrected chi connectivity index (χ2v) is 4.72. The van der Waals surface area contributed by atoms with E-state index < -0.39 is 0 Å².